The molecule has 0 unspecified atom stereocenters. The smallest absolute Gasteiger partial charge is 0.323 e. The Morgan fingerprint density at radius 1 is 0.893 bits per heavy atom. The van der Waals surface area contributed by atoms with E-state index in [1.807, 2.05) is 30.3 Å². The zero-order valence-electron chi connectivity index (χ0n) is 14.8. The number of hydrogen-bond donors (Lipinski definition) is 1. The topological polar surface area (TPSA) is 77.9 Å². The molecule has 4 rings (SSSR count). The molecule has 0 spiro atoms. The Labute approximate surface area is 165 Å². The van der Waals surface area contributed by atoms with Crippen molar-refractivity contribution in [2.24, 2.45) is 0 Å². The van der Waals surface area contributed by atoms with Crippen molar-refractivity contribution in [1.82, 2.24) is 9.80 Å². The molecule has 0 bridgehead atoms. The Morgan fingerprint density at radius 3 is 2.07 bits per heavy atom. The van der Waals surface area contributed by atoms with Gasteiger partial charge in [0.25, 0.3) is 11.8 Å². The SMILES string of the molecule is CN1C(=O)C2=C(c3ccc(Cl)cc3)N(CC(=O)O)C(=O)C2=C1c1ccccc1. The molecule has 0 radical (unpaired) electrons. The average Bonchev–Trinajstić information content (AvgIpc) is 3.09. The molecule has 2 aromatic rings. The molecule has 2 aliphatic heterocycles. The highest BCUT2D eigenvalue weighted by molar-refractivity contribution is 6.31. The van der Waals surface area contributed by atoms with Gasteiger partial charge in [0.05, 0.1) is 22.5 Å². The quantitative estimate of drug-likeness (QED) is 0.865. The first-order chi connectivity index (χ1) is 13.4. The summed E-state index contributed by atoms with van der Waals surface area (Å²) < 4.78 is 0. The average molecular weight is 395 g/mol. The molecule has 0 aromatic heterocycles. The van der Waals surface area contributed by atoms with Crippen LogP contribution in [0.1, 0.15) is 11.1 Å². The molecule has 7 heteroatoms. The van der Waals surface area contributed by atoms with E-state index in [1.54, 1.807) is 31.3 Å². The fraction of sp³-hybridized carbons (Fsp3) is 0.0952. The van der Waals surface area contributed by atoms with E-state index in [9.17, 15) is 19.5 Å². The third kappa shape index (κ3) is 2.70. The monoisotopic (exact) mass is 394 g/mol. The van der Waals surface area contributed by atoms with E-state index in [1.165, 1.54) is 4.90 Å². The highest BCUT2D eigenvalue weighted by Crippen LogP contribution is 2.45. The molecule has 0 atom stereocenters. The van der Waals surface area contributed by atoms with Crippen molar-refractivity contribution in [3.63, 3.8) is 0 Å². The van der Waals surface area contributed by atoms with Crippen LogP contribution >= 0.6 is 11.6 Å². The van der Waals surface area contributed by atoms with E-state index in [4.69, 9.17) is 11.6 Å². The lowest BCUT2D eigenvalue weighted by Gasteiger charge is -2.22. The van der Waals surface area contributed by atoms with Crippen LogP contribution in [0, 0.1) is 0 Å². The Bertz CT molecular complexity index is 1070. The fourth-order valence-corrected chi connectivity index (χ4v) is 3.72. The second kappa shape index (κ2) is 6.65. The molecule has 2 heterocycles. The second-order valence-electron chi connectivity index (χ2n) is 6.47. The van der Waals surface area contributed by atoms with Gasteiger partial charge in [0.1, 0.15) is 6.54 Å². The summed E-state index contributed by atoms with van der Waals surface area (Å²) in [4.78, 5) is 40.3. The maximum absolute atomic E-state index is 13.2. The summed E-state index contributed by atoms with van der Waals surface area (Å²) in [5.74, 6) is -2.01. The van der Waals surface area contributed by atoms with E-state index in [-0.39, 0.29) is 17.1 Å². The van der Waals surface area contributed by atoms with E-state index < -0.39 is 18.4 Å². The maximum atomic E-state index is 13.2. The van der Waals surface area contributed by atoms with E-state index >= 15 is 0 Å². The number of amides is 2. The standard InChI is InChI=1S/C21H15ClN2O4/c1-23-18(12-5-3-2-4-6-12)16-17(20(23)27)19(13-7-9-14(22)10-8-13)24(21(16)28)11-15(25)26/h2-10H,11H2,1H3,(H,25,26). The number of carboxylic acid groups (broad SMARTS) is 1. The molecular formula is C21H15ClN2O4. The molecule has 2 aromatic carbocycles. The highest BCUT2D eigenvalue weighted by Gasteiger charge is 2.48. The van der Waals surface area contributed by atoms with Crippen molar-refractivity contribution in [3.8, 4) is 0 Å². The summed E-state index contributed by atoms with van der Waals surface area (Å²) in [6, 6.07) is 15.7. The van der Waals surface area contributed by atoms with Crippen LogP contribution in [0.4, 0.5) is 0 Å². The van der Waals surface area contributed by atoms with Gasteiger partial charge in [0.15, 0.2) is 0 Å². The first-order valence-electron chi connectivity index (χ1n) is 8.52. The molecule has 6 nitrogen and oxygen atoms in total. The summed E-state index contributed by atoms with van der Waals surface area (Å²) in [7, 11) is 1.61. The Hall–Kier alpha value is -3.38. The largest absolute Gasteiger partial charge is 0.480 e. The minimum atomic E-state index is -1.16. The van der Waals surface area contributed by atoms with E-state index in [2.05, 4.69) is 0 Å². The van der Waals surface area contributed by atoms with Crippen LogP contribution in [-0.2, 0) is 14.4 Å². The van der Waals surface area contributed by atoms with Gasteiger partial charge in [-0.05, 0) is 23.3 Å². The van der Waals surface area contributed by atoms with Crippen molar-refractivity contribution < 1.29 is 19.5 Å². The van der Waals surface area contributed by atoms with Crippen LogP contribution in [0.2, 0.25) is 5.02 Å². The Balaban J connectivity index is 2.00. The lowest BCUT2D eigenvalue weighted by atomic mass is 10.0. The van der Waals surface area contributed by atoms with Gasteiger partial charge in [0, 0.05) is 12.1 Å². The number of fused-ring (bicyclic) bond motifs is 1. The third-order valence-electron chi connectivity index (χ3n) is 4.76. The summed E-state index contributed by atoms with van der Waals surface area (Å²) in [6.07, 6.45) is 0. The van der Waals surface area contributed by atoms with Crippen LogP contribution < -0.4 is 0 Å². The van der Waals surface area contributed by atoms with Crippen LogP contribution in [0.15, 0.2) is 65.7 Å². The van der Waals surface area contributed by atoms with E-state index in [0.29, 0.717) is 27.5 Å². The second-order valence-corrected chi connectivity index (χ2v) is 6.91. The number of nitrogens with zero attached hydrogens (tertiary/aromatic N) is 2. The number of hydrogen-bond acceptors (Lipinski definition) is 3. The van der Waals surface area contributed by atoms with E-state index in [0.717, 1.165) is 4.90 Å². The molecule has 0 aliphatic carbocycles. The van der Waals surface area contributed by atoms with Gasteiger partial charge < -0.3 is 10.0 Å². The van der Waals surface area contributed by atoms with Gasteiger partial charge in [-0.15, -0.1) is 0 Å². The molecule has 0 saturated carbocycles. The Morgan fingerprint density at radius 2 is 1.46 bits per heavy atom. The van der Waals surface area contributed by atoms with Crippen LogP contribution in [0.25, 0.3) is 11.4 Å². The molecule has 2 aliphatic rings. The van der Waals surface area contributed by atoms with Crippen LogP contribution in [0.3, 0.4) is 0 Å². The predicted molar refractivity (Wildman–Crippen MR) is 104 cm³/mol. The summed E-state index contributed by atoms with van der Waals surface area (Å²) in [5, 5.41) is 9.81. The van der Waals surface area contributed by atoms with Crippen molar-refractivity contribution in [2.75, 3.05) is 13.6 Å². The van der Waals surface area contributed by atoms with Gasteiger partial charge in [-0.1, -0.05) is 54.1 Å². The number of aliphatic carboxylic acids is 1. The number of carboxylic acids is 1. The number of carbonyl (C=O) groups is 3. The van der Waals surface area contributed by atoms with Crippen molar-refractivity contribution in [2.45, 2.75) is 0 Å². The lowest BCUT2D eigenvalue weighted by molar-refractivity contribution is -0.140. The molecule has 0 fully saturated rings. The fourth-order valence-electron chi connectivity index (χ4n) is 3.59. The van der Waals surface area contributed by atoms with Gasteiger partial charge in [-0.25, -0.2) is 0 Å². The molecule has 0 saturated heterocycles. The summed E-state index contributed by atoms with van der Waals surface area (Å²) >= 11 is 5.96. The third-order valence-corrected chi connectivity index (χ3v) is 5.02. The predicted octanol–water partition coefficient (Wildman–Crippen LogP) is 2.86. The minimum Gasteiger partial charge on any atom is -0.480 e. The zero-order chi connectivity index (χ0) is 20.0. The first-order valence-corrected chi connectivity index (χ1v) is 8.90. The normalized spacial score (nSPS) is 16.4. The van der Waals surface area contributed by atoms with Crippen LogP contribution in [0.5, 0.6) is 0 Å². The number of rotatable bonds is 4. The highest BCUT2D eigenvalue weighted by atomic mass is 35.5. The lowest BCUT2D eigenvalue weighted by Crippen LogP contribution is -2.32. The summed E-state index contributed by atoms with van der Waals surface area (Å²) in [5.41, 5.74) is 2.48. The maximum Gasteiger partial charge on any atom is 0.323 e. The molecular weight excluding hydrogens is 380 g/mol. The van der Waals surface area contributed by atoms with Crippen molar-refractivity contribution >= 4 is 40.8 Å². The van der Waals surface area contributed by atoms with Gasteiger partial charge >= 0.3 is 5.97 Å². The number of halogens is 1. The van der Waals surface area contributed by atoms with Crippen molar-refractivity contribution in [3.05, 3.63) is 81.9 Å². The molecule has 28 heavy (non-hydrogen) atoms. The number of likely N-dealkylation sites (N-methyl/N-ethyl adjacent to an activating group) is 1. The number of benzene rings is 2. The zero-order valence-corrected chi connectivity index (χ0v) is 15.6. The molecule has 2 amide bonds. The number of carbonyl (C=O) groups excluding carboxylic acids is 2. The van der Waals surface area contributed by atoms with Crippen LogP contribution in [-0.4, -0.2) is 46.3 Å². The van der Waals surface area contributed by atoms with Gasteiger partial charge in [-0.3, -0.25) is 19.3 Å². The van der Waals surface area contributed by atoms with Crippen molar-refractivity contribution in [1.29, 1.82) is 0 Å². The first kappa shape index (κ1) is 18.0. The van der Waals surface area contributed by atoms with Gasteiger partial charge in [0.2, 0.25) is 0 Å². The molecule has 1 N–H and O–H groups in total. The summed E-state index contributed by atoms with van der Waals surface area (Å²) in [6.45, 7) is -0.539. The minimum absolute atomic E-state index is 0.218. The Kier molecular flexibility index (Phi) is 4.28. The van der Waals surface area contributed by atoms with Gasteiger partial charge in [-0.2, -0.15) is 0 Å². The molecule has 140 valence electrons.